The number of benzene rings is 2. The average Bonchev–Trinajstić information content (AvgIpc) is 2.42. The van der Waals surface area contributed by atoms with Gasteiger partial charge in [-0.25, -0.2) is 8.78 Å². The summed E-state index contributed by atoms with van der Waals surface area (Å²) in [4.78, 5) is 0. The third-order valence-electron chi connectivity index (χ3n) is 3.26. The molecule has 19 heavy (non-hydrogen) atoms. The zero-order valence-corrected chi connectivity index (χ0v) is 11.6. The zero-order valence-electron chi connectivity index (χ0n) is 10.9. The van der Waals surface area contributed by atoms with E-state index in [1.807, 2.05) is 31.2 Å². The number of aryl methyl sites for hydroxylation is 2. The molecule has 0 aliphatic carbocycles. The molecule has 0 N–H and O–H groups in total. The highest BCUT2D eigenvalue weighted by atomic mass is 35.5. The van der Waals surface area contributed by atoms with Crippen molar-refractivity contribution in [3.05, 3.63) is 70.3 Å². The molecule has 2 aromatic rings. The number of hydrogen-bond acceptors (Lipinski definition) is 0. The molecule has 100 valence electrons. The summed E-state index contributed by atoms with van der Waals surface area (Å²) in [6.45, 7) is 3.54. The van der Waals surface area contributed by atoms with Crippen LogP contribution in [0.25, 0.3) is 0 Å². The maximum atomic E-state index is 14.0. The second-order valence-electron chi connectivity index (χ2n) is 4.54. The zero-order chi connectivity index (χ0) is 14.0. The summed E-state index contributed by atoms with van der Waals surface area (Å²) in [7, 11) is 0. The van der Waals surface area contributed by atoms with Crippen molar-refractivity contribution in [2.75, 3.05) is 0 Å². The van der Waals surface area contributed by atoms with Gasteiger partial charge in [0.2, 0.25) is 0 Å². The van der Waals surface area contributed by atoms with E-state index in [-0.39, 0.29) is 11.1 Å². The number of alkyl halides is 1. The summed E-state index contributed by atoms with van der Waals surface area (Å²) >= 11 is 6.34. The molecule has 1 unspecified atom stereocenters. The molecule has 0 nitrogen and oxygen atoms in total. The van der Waals surface area contributed by atoms with Gasteiger partial charge in [-0.2, -0.15) is 0 Å². The number of halogens is 3. The molecule has 0 bridgehead atoms. The Balaban J connectivity index is 2.50. The normalized spacial score (nSPS) is 12.5. The third kappa shape index (κ3) is 2.79. The molecule has 0 saturated carbocycles. The summed E-state index contributed by atoms with van der Waals surface area (Å²) in [5.41, 5.74) is 2.34. The predicted octanol–water partition coefficient (Wildman–Crippen LogP) is 5.16. The Hall–Kier alpha value is -1.41. The Labute approximate surface area is 117 Å². The molecule has 0 fully saturated rings. The monoisotopic (exact) mass is 280 g/mol. The molecule has 0 radical (unpaired) electrons. The fourth-order valence-corrected chi connectivity index (χ4v) is 2.51. The van der Waals surface area contributed by atoms with Crippen molar-refractivity contribution < 1.29 is 8.78 Å². The van der Waals surface area contributed by atoms with Crippen LogP contribution < -0.4 is 0 Å². The fraction of sp³-hybridized carbons (Fsp3) is 0.250. The Bertz CT molecular complexity index is 593. The molecule has 0 aliphatic rings. The van der Waals surface area contributed by atoms with Crippen LogP contribution in [0.2, 0.25) is 0 Å². The lowest BCUT2D eigenvalue weighted by Crippen LogP contribution is -2.02. The Morgan fingerprint density at radius 2 is 1.74 bits per heavy atom. The van der Waals surface area contributed by atoms with E-state index in [2.05, 4.69) is 0 Å². The van der Waals surface area contributed by atoms with Crippen LogP contribution in [0.15, 0.2) is 36.4 Å². The quantitative estimate of drug-likeness (QED) is 0.681. The molecule has 2 rings (SSSR count). The van der Waals surface area contributed by atoms with E-state index in [1.165, 1.54) is 19.1 Å². The second kappa shape index (κ2) is 5.70. The second-order valence-corrected chi connectivity index (χ2v) is 4.97. The van der Waals surface area contributed by atoms with Gasteiger partial charge in [-0.15, -0.1) is 11.6 Å². The first-order valence-electron chi connectivity index (χ1n) is 6.22. The van der Waals surface area contributed by atoms with Crippen LogP contribution in [0, 0.1) is 18.6 Å². The lowest BCUT2D eigenvalue weighted by Gasteiger charge is -2.15. The van der Waals surface area contributed by atoms with Crippen LogP contribution in [0.1, 0.15) is 34.6 Å². The SMILES string of the molecule is CCc1ccccc1C(Cl)c1cc(F)c(C)cc1F. The molecule has 0 spiro atoms. The minimum Gasteiger partial charge on any atom is -0.207 e. The van der Waals surface area contributed by atoms with E-state index >= 15 is 0 Å². The summed E-state index contributed by atoms with van der Waals surface area (Å²) in [6, 6.07) is 9.95. The maximum Gasteiger partial charge on any atom is 0.128 e. The predicted molar refractivity (Wildman–Crippen MR) is 74.6 cm³/mol. The molecule has 1 atom stereocenters. The van der Waals surface area contributed by atoms with Crippen molar-refractivity contribution >= 4 is 11.6 Å². The molecule has 0 heterocycles. The van der Waals surface area contributed by atoms with Gasteiger partial charge >= 0.3 is 0 Å². The van der Waals surface area contributed by atoms with Crippen molar-refractivity contribution in [3.63, 3.8) is 0 Å². The molecule has 0 amide bonds. The van der Waals surface area contributed by atoms with Crippen molar-refractivity contribution in [1.82, 2.24) is 0 Å². The molecule has 0 aromatic heterocycles. The maximum absolute atomic E-state index is 14.0. The summed E-state index contributed by atoms with van der Waals surface area (Å²) in [5.74, 6) is -0.902. The minimum absolute atomic E-state index is 0.186. The van der Waals surface area contributed by atoms with E-state index in [0.717, 1.165) is 17.5 Å². The number of hydrogen-bond donors (Lipinski definition) is 0. The highest BCUT2D eigenvalue weighted by Crippen LogP contribution is 2.33. The smallest absolute Gasteiger partial charge is 0.128 e. The molecule has 3 heteroatoms. The van der Waals surface area contributed by atoms with Gasteiger partial charge in [-0.05, 0) is 42.2 Å². The van der Waals surface area contributed by atoms with E-state index in [4.69, 9.17) is 11.6 Å². The summed E-state index contributed by atoms with van der Waals surface area (Å²) < 4.78 is 27.5. The van der Waals surface area contributed by atoms with Crippen molar-refractivity contribution in [3.8, 4) is 0 Å². The van der Waals surface area contributed by atoms with E-state index in [1.54, 1.807) is 0 Å². The summed E-state index contributed by atoms with van der Waals surface area (Å²) in [6.07, 6.45) is 0.801. The Morgan fingerprint density at radius 1 is 1.05 bits per heavy atom. The number of rotatable bonds is 3. The van der Waals surface area contributed by atoms with Crippen LogP contribution in [0.5, 0.6) is 0 Å². The first-order chi connectivity index (χ1) is 9.04. The van der Waals surface area contributed by atoms with Crippen LogP contribution in [0.3, 0.4) is 0 Å². The average molecular weight is 281 g/mol. The lowest BCUT2D eigenvalue weighted by molar-refractivity contribution is 0.580. The van der Waals surface area contributed by atoms with Gasteiger partial charge in [-0.3, -0.25) is 0 Å². The van der Waals surface area contributed by atoms with Crippen LogP contribution in [0.4, 0.5) is 8.78 Å². The first-order valence-corrected chi connectivity index (χ1v) is 6.65. The van der Waals surface area contributed by atoms with Gasteiger partial charge in [0.1, 0.15) is 11.6 Å². The highest BCUT2D eigenvalue weighted by Gasteiger charge is 2.19. The first kappa shape index (κ1) is 14.0. The Morgan fingerprint density at radius 3 is 2.42 bits per heavy atom. The van der Waals surface area contributed by atoms with E-state index in [9.17, 15) is 8.78 Å². The van der Waals surface area contributed by atoms with Crippen LogP contribution in [-0.4, -0.2) is 0 Å². The highest BCUT2D eigenvalue weighted by molar-refractivity contribution is 6.22. The topological polar surface area (TPSA) is 0 Å². The molecular formula is C16H15ClF2. The van der Waals surface area contributed by atoms with Gasteiger partial charge in [0.15, 0.2) is 0 Å². The van der Waals surface area contributed by atoms with Crippen molar-refractivity contribution in [2.45, 2.75) is 25.6 Å². The van der Waals surface area contributed by atoms with Gasteiger partial charge < -0.3 is 0 Å². The summed E-state index contributed by atoms with van der Waals surface area (Å²) in [5, 5.41) is -0.675. The van der Waals surface area contributed by atoms with Gasteiger partial charge in [0.05, 0.1) is 5.38 Å². The van der Waals surface area contributed by atoms with Gasteiger partial charge in [0.25, 0.3) is 0 Å². The molecular weight excluding hydrogens is 266 g/mol. The van der Waals surface area contributed by atoms with Crippen LogP contribution >= 0.6 is 11.6 Å². The van der Waals surface area contributed by atoms with Crippen molar-refractivity contribution in [1.29, 1.82) is 0 Å². The lowest BCUT2D eigenvalue weighted by atomic mass is 9.97. The fourth-order valence-electron chi connectivity index (χ4n) is 2.13. The van der Waals surface area contributed by atoms with E-state index in [0.29, 0.717) is 0 Å². The molecule has 2 aromatic carbocycles. The standard InChI is InChI=1S/C16H15ClF2/c1-3-11-6-4-5-7-12(11)16(17)13-9-14(18)10(2)8-15(13)19/h4-9,16H,3H2,1-2H3. The minimum atomic E-state index is -0.675. The van der Waals surface area contributed by atoms with E-state index < -0.39 is 17.0 Å². The van der Waals surface area contributed by atoms with Crippen LogP contribution in [-0.2, 0) is 6.42 Å². The molecule has 0 aliphatic heterocycles. The third-order valence-corrected chi connectivity index (χ3v) is 3.73. The van der Waals surface area contributed by atoms with Crippen molar-refractivity contribution in [2.24, 2.45) is 0 Å². The van der Waals surface area contributed by atoms with Gasteiger partial charge in [0, 0.05) is 5.56 Å². The largest absolute Gasteiger partial charge is 0.207 e. The Kier molecular flexibility index (Phi) is 4.20. The van der Waals surface area contributed by atoms with Gasteiger partial charge in [-0.1, -0.05) is 31.2 Å². The molecule has 0 saturated heterocycles.